The van der Waals surface area contributed by atoms with E-state index < -0.39 is 4.92 Å². The third-order valence-corrected chi connectivity index (χ3v) is 3.12. The van der Waals surface area contributed by atoms with Crippen LogP contribution >= 0.6 is 0 Å². The predicted octanol–water partition coefficient (Wildman–Crippen LogP) is 1.63. The molecule has 0 N–H and O–H groups in total. The monoisotopic (exact) mass is 248 g/mol. The zero-order valence-corrected chi connectivity index (χ0v) is 9.83. The number of anilines is 1. The topological polar surface area (TPSA) is 80.5 Å². The van der Waals surface area contributed by atoms with Gasteiger partial charge in [0.25, 0.3) is 5.69 Å². The Balaban J connectivity index is 2.54. The second-order valence-electron chi connectivity index (χ2n) is 4.20. The van der Waals surface area contributed by atoms with E-state index in [1.54, 1.807) is 4.90 Å². The van der Waals surface area contributed by atoms with Crippen LogP contribution in [0.1, 0.15) is 24.8 Å². The molecular weight excluding hydrogens is 236 g/mol. The van der Waals surface area contributed by atoms with E-state index in [0.29, 0.717) is 24.2 Å². The quantitative estimate of drug-likeness (QED) is 0.452. The summed E-state index contributed by atoms with van der Waals surface area (Å²) in [7, 11) is 0. The number of non-ortho nitro benzene ring substituents is 1. The number of fused-ring (bicyclic) bond motifs is 1. The SMILES string of the molecule is CC(=O)N1CCC(C=O)c2cc([N+](=O)[O-])ccc21. The lowest BCUT2D eigenvalue weighted by Gasteiger charge is -2.31. The Morgan fingerprint density at radius 2 is 2.28 bits per heavy atom. The van der Waals surface area contributed by atoms with Gasteiger partial charge in [-0.2, -0.15) is 0 Å². The Kier molecular flexibility index (Phi) is 3.10. The summed E-state index contributed by atoms with van der Waals surface area (Å²) >= 11 is 0. The number of carbonyl (C=O) groups excluding carboxylic acids is 2. The number of benzene rings is 1. The summed E-state index contributed by atoms with van der Waals surface area (Å²) in [6.45, 7) is 1.90. The molecule has 1 atom stereocenters. The fraction of sp³-hybridized carbons (Fsp3) is 0.333. The van der Waals surface area contributed by atoms with Crippen LogP contribution in [0.5, 0.6) is 0 Å². The lowest BCUT2D eigenvalue weighted by Crippen LogP contribution is -2.35. The maximum atomic E-state index is 11.5. The van der Waals surface area contributed by atoms with Gasteiger partial charge in [0.15, 0.2) is 0 Å². The van der Waals surface area contributed by atoms with E-state index in [9.17, 15) is 19.7 Å². The smallest absolute Gasteiger partial charge is 0.269 e. The molecule has 0 saturated carbocycles. The van der Waals surface area contributed by atoms with E-state index in [1.165, 1.54) is 25.1 Å². The molecule has 1 aliphatic rings. The molecule has 1 unspecified atom stereocenters. The highest BCUT2D eigenvalue weighted by Gasteiger charge is 2.28. The van der Waals surface area contributed by atoms with Crippen LogP contribution in [0.25, 0.3) is 0 Å². The van der Waals surface area contributed by atoms with E-state index in [4.69, 9.17) is 0 Å². The molecule has 0 aromatic heterocycles. The van der Waals surface area contributed by atoms with Gasteiger partial charge in [-0.05, 0) is 18.1 Å². The molecule has 0 spiro atoms. The number of hydrogen-bond donors (Lipinski definition) is 0. The lowest BCUT2D eigenvalue weighted by molar-refractivity contribution is -0.384. The van der Waals surface area contributed by atoms with Gasteiger partial charge in [-0.15, -0.1) is 0 Å². The lowest BCUT2D eigenvalue weighted by atomic mass is 9.90. The molecule has 6 heteroatoms. The fourth-order valence-corrected chi connectivity index (χ4v) is 2.21. The molecule has 1 amide bonds. The van der Waals surface area contributed by atoms with Gasteiger partial charge in [0.1, 0.15) is 6.29 Å². The van der Waals surface area contributed by atoms with E-state index in [0.717, 1.165) is 6.29 Å². The van der Waals surface area contributed by atoms with Crippen molar-refractivity contribution in [2.45, 2.75) is 19.3 Å². The van der Waals surface area contributed by atoms with E-state index in [2.05, 4.69) is 0 Å². The van der Waals surface area contributed by atoms with Crippen molar-refractivity contribution < 1.29 is 14.5 Å². The molecule has 18 heavy (non-hydrogen) atoms. The van der Waals surface area contributed by atoms with Crippen molar-refractivity contribution in [3.05, 3.63) is 33.9 Å². The second kappa shape index (κ2) is 4.56. The molecule has 0 fully saturated rings. The average molecular weight is 248 g/mol. The molecule has 1 aromatic carbocycles. The Morgan fingerprint density at radius 1 is 1.56 bits per heavy atom. The van der Waals surface area contributed by atoms with Crippen molar-refractivity contribution in [2.24, 2.45) is 0 Å². The van der Waals surface area contributed by atoms with Gasteiger partial charge >= 0.3 is 0 Å². The third-order valence-electron chi connectivity index (χ3n) is 3.12. The number of hydrogen-bond acceptors (Lipinski definition) is 4. The van der Waals surface area contributed by atoms with Crippen molar-refractivity contribution in [2.75, 3.05) is 11.4 Å². The van der Waals surface area contributed by atoms with Crippen LogP contribution in [0, 0.1) is 10.1 Å². The second-order valence-corrected chi connectivity index (χ2v) is 4.20. The molecular formula is C12H12N2O4. The summed E-state index contributed by atoms with van der Waals surface area (Å²) < 4.78 is 0. The Hall–Kier alpha value is -2.24. The van der Waals surface area contributed by atoms with Gasteiger partial charge in [-0.1, -0.05) is 0 Å². The number of carbonyl (C=O) groups is 2. The summed E-state index contributed by atoms with van der Waals surface area (Å²) in [5, 5.41) is 10.7. The molecule has 94 valence electrons. The van der Waals surface area contributed by atoms with Gasteiger partial charge in [0, 0.05) is 37.2 Å². The minimum atomic E-state index is -0.505. The molecule has 1 heterocycles. The maximum Gasteiger partial charge on any atom is 0.269 e. The van der Waals surface area contributed by atoms with E-state index >= 15 is 0 Å². The number of rotatable bonds is 2. The zero-order chi connectivity index (χ0) is 13.3. The van der Waals surface area contributed by atoms with Crippen molar-refractivity contribution >= 4 is 23.6 Å². The standard InChI is InChI=1S/C12H12N2O4/c1-8(16)13-5-4-9(7-15)11-6-10(14(17)18)2-3-12(11)13/h2-3,6-7,9H,4-5H2,1H3. The van der Waals surface area contributed by atoms with Crippen LogP contribution in [-0.2, 0) is 9.59 Å². The van der Waals surface area contributed by atoms with Crippen LogP contribution in [0.15, 0.2) is 18.2 Å². The van der Waals surface area contributed by atoms with Crippen LogP contribution in [0.3, 0.4) is 0 Å². The highest BCUT2D eigenvalue weighted by atomic mass is 16.6. The predicted molar refractivity (Wildman–Crippen MR) is 64.5 cm³/mol. The largest absolute Gasteiger partial charge is 0.312 e. The summed E-state index contributed by atoms with van der Waals surface area (Å²) in [6, 6.07) is 4.26. The molecule has 0 aliphatic carbocycles. The number of nitro groups is 1. The highest BCUT2D eigenvalue weighted by molar-refractivity contribution is 5.94. The number of aldehydes is 1. The van der Waals surface area contributed by atoms with E-state index in [-0.39, 0.29) is 17.5 Å². The third kappa shape index (κ3) is 1.97. The molecule has 2 rings (SSSR count). The first-order valence-corrected chi connectivity index (χ1v) is 5.56. The van der Waals surface area contributed by atoms with Crippen LogP contribution in [0.2, 0.25) is 0 Å². The number of nitro benzene ring substituents is 1. The summed E-state index contributed by atoms with van der Waals surface area (Å²) in [5.41, 5.74) is 1.09. The molecule has 0 bridgehead atoms. The van der Waals surface area contributed by atoms with Crippen LogP contribution in [0.4, 0.5) is 11.4 Å². The summed E-state index contributed by atoms with van der Waals surface area (Å²) in [6.07, 6.45) is 1.28. The minimum absolute atomic E-state index is 0.0639. The van der Waals surface area contributed by atoms with Gasteiger partial charge in [0.05, 0.1) is 4.92 Å². The molecule has 0 saturated heterocycles. The van der Waals surface area contributed by atoms with Crippen molar-refractivity contribution in [1.82, 2.24) is 0 Å². The fourth-order valence-electron chi connectivity index (χ4n) is 2.21. The first kappa shape index (κ1) is 12.2. The minimum Gasteiger partial charge on any atom is -0.312 e. The van der Waals surface area contributed by atoms with Gasteiger partial charge < -0.3 is 9.69 Å². The molecule has 6 nitrogen and oxygen atoms in total. The summed E-state index contributed by atoms with van der Waals surface area (Å²) in [5.74, 6) is -0.509. The Bertz CT molecular complexity index is 527. The number of nitrogens with zero attached hydrogens (tertiary/aromatic N) is 2. The Labute approximate surface area is 103 Å². The zero-order valence-electron chi connectivity index (χ0n) is 9.83. The first-order valence-electron chi connectivity index (χ1n) is 5.56. The Morgan fingerprint density at radius 3 is 2.83 bits per heavy atom. The van der Waals surface area contributed by atoms with E-state index in [1.807, 2.05) is 0 Å². The van der Waals surface area contributed by atoms with Crippen LogP contribution < -0.4 is 4.90 Å². The van der Waals surface area contributed by atoms with Crippen molar-refractivity contribution in [1.29, 1.82) is 0 Å². The molecule has 0 radical (unpaired) electrons. The molecule has 1 aromatic rings. The number of amides is 1. The highest BCUT2D eigenvalue weighted by Crippen LogP contribution is 2.36. The van der Waals surface area contributed by atoms with Gasteiger partial charge in [-0.25, -0.2) is 0 Å². The normalized spacial score (nSPS) is 18.1. The first-order chi connectivity index (χ1) is 8.54. The van der Waals surface area contributed by atoms with Crippen LogP contribution in [-0.4, -0.2) is 23.7 Å². The van der Waals surface area contributed by atoms with Gasteiger partial charge in [0.2, 0.25) is 5.91 Å². The van der Waals surface area contributed by atoms with Gasteiger partial charge in [-0.3, -0.25) is 14.9 Å². The molecule has 1 aliphatic heterocycles. The maximum absolute atomic E-state index is 11.5. The van der Waals surface area contributed by atoms with Crippen molar-refractivity contribution in [3.63, 3.8) is 0 Å². The average Bonchev–Trinajstić information content (AvgIpc) is 2.36. The summed E-state index contributed by atoms with van der Waals surface area (Å²) in [4.78, 5) is 34.3. The van der Waals surface area contributed by atoms with Crippen molar-refractivity contribution in [3.8, 4) is 0 Å².